The third-order valence-electron chi connectivity index (χ3n) is 2.67. The summed E-state index contributed by atoms with van der Waals surface area (Å²) in [6.45, 7) is 0.745. The molecule has 1 heterocycles. The van der Waals surface area contributed by atoms with E-state index in [0.717, 1.165) is 17.4 Å². The Morgan fingerprint density at radius 3 is 3.13 bits per heavy atom. The Balaban J connectivity index is 2.17. The van der Waals surface area contributed by atoms with Crippen LogP contribution in [0.2, 0.25) is 0 Å². The van der Waals surface area contributed by atoms with Crippen molar-refractivity contribution in [1.82, 2.24) is 5.32 Å². The Bertz CT molecular complexity index is 392. The van der Waals surface area contributed by atoms with Gasteiger partial charge in [-0.15, -0.1) is 0 Å². The molecule has 4 heteroatoms. The molecule has 2 N–H and O–H groups in total. The second kappa shape index (κ2) is 4.33. The number of halogens is 1. The van der Waals surface area contributed by atoms with Crippen LogP contribution in [-0.4, -0.2) is 17.1 Å². The maximum Gasteiger partial charge on any atom is 0.304 e. The molecule has 1 aliphatic heterocycles. The predicted octanol–water partition coefficient (Wildman–Crippen LogP) is 1.94. The van der Waals surface area contributed by atoms with Crippen LogP contribution in [0.3, 0.4) is 0 Å². The van der Waals surface area contributed by atoms with Crippen molar-refractivity contribution >= 4 is 21.9 Å². The Morgan fingerprint density at radius 1 is 1.60 bits per heavy atom. The van der Waals surface area contributed by atoms with E-state index in [2.05, 4.69) is 27.3 Å². The zero-order chi connectivity index (χ0) is 10.8. The number of rotatable bonds is 2. The van der Waals surface area contributed by atoms with E-state index in [1.807, 2.05) is 12.1 Å². The van der Waals surface area contributed by atoms with Gasteiger partial charge in [0, 0.05) is 17.1 Å². The highest BCUT2D eigenvalue weighted by Crippen LogP contribution is 2.25. The molecule has 1 atom stereocenters. The number of carbonyl (C=O) groups is 1. The van der Waals surface area contributed by atoms with E-state index in [1.165, 1.54) is 11.1 Å². The number of hydrogen-bond acceptors (Lipinski definition) is 2. The highest BCUT2D eigenvalue weighted by atomic mass is 79.9. The number of carboxylic acids is 1. The van der Waals surface area contributed by atoms with Gasteiger partial charge in [0.2, 0.25) is 0 Å². The summed E-state index contributed by atoms with van der Waals surface area (Å²) in [6.07, 6.45) is 0.979. The van der Waals surface area contributed by atoms with Crippen molar-refractivity contribution in [3.8, 4) is 0 Å². The molecule has 0 spiro atoms. The molecule has 80 valence electrons. The molecule has 0 amide bonds. The predicted molar refractivity (Wildman–Crippen MR) is 60.7 cm³/mol. The van der Waals surface area contributed by atoms with Gasteiger partial charge in [-0.3, -0.25) is 4.79 Å². The standard InChI is InChI=1S/C11H12BrNO2/c12-10-3-1-2-7-4-8(5-11(14)15)13-6-9(7)10/h1-3,8,13H,4-6H2,(H,14,15). The fourth-order valence-corrected chi connectivity index (χ4v) is 2.48. The number of aliphatic carboxylic acids is 1. The second-order valence-corrected chi connectivity index (χ2v) is 4.61. The van der Waals surface area contributed by atoms with Gasteiger partial charge in [-0.1, -0.05) is 28.1 Å². The van der Waals surface area contributed by atoms with E-state index in [1.54, 1.807) is 0 Å². The molecule has 0 bridgehead atoms. The molecule has 1 unspecified atom stereocenters. The van der Waals surface area contributed by atoms with E-state index in [9.17, 15) is 4.79 Å². The summed E-state index contributed by atoms with van der Waals surface area (Å²) >= 11 is 3.50. The normalized spacial score (nSPS) is 19.7. The minimum Gasteiger partial charge on any atom is -0.481 e. The number of benzene rings is 1. The van der Waals surface area contributed by atoms with E-state index in [0.29, 0.717) is 0 Å². The Kier molecular flexibility index (Phi) is 3.07. The van der Waals surface area contributed by atoms with Gasteiger partial charge in [0.1, 0.15) is 0 Å². The van der Waals surface area contributed by atoms with Crippen LogP contribution in [0.15, 0.2) is 22.7 Å². The molecular formula is C11H12BrNO2. The van der Waals surface area contributed by atoms with E-state index < -0.39 is 5.97 Å². The molecule has 1 aliphatic rings. The quantitative estimate of drug-likeness (QED) is 0.863. The van der Waals surface area contributed by atoms with Crippen molar-refractivity contribution in [3.05, 3.63) is 33.8 Å². The summed E-state index contributed by atoms with van der Waals surface area (Å²) in [5, 5.41) is 12.0. The molecule has 0 saturated heterocycles. The molecule has 0 aromatic heterocycles. The average molecular weight is 270 g/mol. The first-order valence-electron chi connectivity index (χ1n) is 4.88. The van der Waals surface area contributed by atoms with Crippen LogP contribution in [0, 0.1) is 0 Å². The lowest BCUT2D eigenvalue weighted by Crippen LogP contribution is -2.37. The zero-order valence-electron chi connectivity index (χ0n) is 8.16. The molecule has 2 rings (SSSR count). The Hall–Kier alpha value is -0.870. The SMILES string of the molecule is O=C(O)CC1Cc2cccc(Br)c2CN1. The van der Waals surface area contributed by atoms with Crippen LogP contribution in [-0.2, 0) is 17.8 Å². The monoisotopic (exact) mass is 269 g/mol. The maximum absolute atomic E-state index is 10.6. The topological polar surface area (TPSA) is 49.3 Å². The highest BCUT2D eigenvalue weighted by molar-refractivity contribution is 9.10. The van der Waals surface area contributed by atoms with Crippen LogP contribution in [0.25, 0.3) is 0 Å². The van der Waals surface area contributed by atoms with Gasteiger partial charge in [-0.05, 0) is 23.6 Å². The van der Waals surface area contributed by atoms with Crippen molar-refractivity contribution in [2.45, 2.75) is 25.4 Å². The Morgan fingerprint density at radius 2 is 2.40 bits per heavy atom. The summed E-state index contributed by atoms with van der Waals surface area (Å²) in [4.78, 5) is 10.6. The van der Waals surface area contributed by atoms with Crippen LogP contribution in [0.1, 0.15) is 17.5 Å². The molecule has 0 radical (unpaired) electrons. The fraction of sp³-hybridized carbons (Fsp3) is 0.364. The molecule has 0 saturated carbocycles. The highest BCUT2D eigenvalue weighted by Gasteiger charge is 2.21. The first-order valence-corrected chi connectivity index (χ1v) is 5.67. The number of hydrogen-bond donors (Lipinski definition) is 2. The molecule has 1 aromatic carbocycles. The lowest BCUT2D eigenvalue weighted by molar-refractivity contribution is -0.137. The van der Waals surface area contributed by atoms with Gasteiger partial charge in [-0.2, -0.15) is 0 Å². The van der Waals surface area contributed by atoms with Crippen molar-refractivity contribution < 1.29 is 9.90 Å². The van der Waals surface area contributed by atoms with Crippen molar-refractivity contribution in [2.75, 3.05) is 0 Å². The zero-order valence-corrected chi connectivity index (χ0v) is 9.75. The maximum atomic E-state index is 10.6. The lowest BCUT2D eigenvalue weighted by atomic mass is 9.94. The summed E-state index contributed by atoms with van der Waals surface area (Å²) in [5.74, 6) is -0.744. The summed E-state index contributed by atoms with van der Waals surface area (Å²) in [6, 6.07) is 6.13. The third-order valence-corrected chi connectivity index (χ3v) is 3.41. The van der Waals surface area contributed by atoms with Gasteiger partial charge >= 0.3 is 5.97 Å². The van der Waals surface area contributed by atoms with Crippen LogP contribution < -0.4 is 5.32 Å². The first-order chi connectivity index (χ1) is 7.16. The van der Waals surface area contributed by atoms with Crippen molar-refractivity contribution in [2.24, 2.45) is 0 Å². The molecular weight excluding hydrogens is 258 g/mol. The van der Waals surface area contributed by atoms with E-state index in [4.69, 9.17) is 5.11 Å². The van der Waals surface area contributed by atoms with Gasteiger partial charge in [-0.25, -0.2) is 0 Å². The van der Waals surface area contributed by atoms with E-state index >= 15 is 0 Å². The lowest BCUT2D eigenvalue weighted by Gasteiger charge is -2.25. The summed E-state index contributed by atoms with van der Waals surface area (Å²) in [7, 11) is 0. The van der Waals surface area contributed by atoms with Gasteiger partial charge in [0.05, 0.1) is 6.42 Å². The number of fused-ring (bicyclic) bond motifs is 1. The third kappa shape index (κ3) is 2.38. The second-order valence-electron chi connectivity index (χ2n) is 3.76. The van der Waals surface area contributed by atoms with Crippen LogP contribution in [0.5, 0.6) is 0 Å². The minimum absolute atomic E-state index is 0.0595. The molecule has 1 aromatic rings. The van der Waals surface area contributed by atoms with Crippen molar-refractivity contribution in [1.29, 1.82) is 0 Å². The first kappa shape index (κ1) is 10.6. The molecule has 15 heavy (non-hydrogen) atoms. The van der Waals surface area contributed by atoms with Crippen LogP contribution >= 0.6 is 15.9 Å². The van der Waals surface area contributed by atoms with Gasteiger partial charge in [0.25, 0.3) is 0 Å². The van der Waals surface area contributed by atoms with Crippen LogP contribution in [0.4, 0.5) is 0 Å². The average Bonchev–Trinajstić information content (AvgIpc) is 2.17. The number of carboxylic acid groups (broad SMARTS) is 1. The molecule has 3 nitrogen and oxygen atoms in total. The van der Waals surface area contributed by atoms with E-state index in [-0.39, 0.29) is 12.5 Å². The molecule has 0 aliphatic carbocycles. The largest absolute Gasteiger partial charge is 0.481 e. The fourth-order valence-electron chi connectivity index (χ4n) is 1.93. The minimum atomic E-state index is -0.744. The number of nitrogens with one attached hydrogen (secondary N) is 1. The smallest absolute Gasteiger partial charge is 0.304 e. The van der Waals surface area contributed by atoms with Crippen molar-refractivity contribution in [3.63, 3.8) is 0 Å². The van der Waals surface area contributed by atoms with Gasteiger partial charge in [0.15, 0.2) is 0 Å². The summed E-state index contributed by atoms with van der Waals surface area (Å²) in [5.41, 5.74) is 2.49. The Labute approximate surface area is 96.6 Å². The van der Waals surface area contributed by atoms with Gasteiger partial charge < -0.3 is 10.4 Å². The summed E-state index contributed by atoms with van der Waals surface area (Å²) < 4.78 is 1.10. The molecule has 0 fully saturated rings.